The molecule has 0 aliphatic heterocycles. The van der Waals surface area contributed by atoms with Gasteiger partial charge in [-0.15, -0.1) is 34.0 Å². The van der Waals surface area contributed by atoms with Gasteiger partial charge in [-0.3, -0.25) is 9.13 Å². The van der Waals surface area contributed by atoms with Crippen LogP contribution in [0.3, 0.4) is 0 Å². The van der Waals surface area contributed by atoms with E-state index in [9.17, 15) is 0 Å². The van der Waals surface area contributed by atoms with E-state index in [1.165, 1.54) is 144 Å². The van der Waals surface area contributed by atoms with Crippen LogP contribution in [-0.2, 0) is 0 Å². The van der Waals surface area contributed by atoms with Gasteiger partial charge in [0.2, 0.25) is 5.95 Å². The van der Waals surface area contributed by atoms with Crippen LogP contribution in [-0.4, -0.2) is 43.6 Å². The first-order chi connectivity index (χ1) is 71.5. The minimum atomic E-state index is 0.598. The third kappa shape index (κ3) is 15.8. The molecule has 0 aliphatic rings. The van der Waals surface area contributed by atoms with Crippen molar-refractivity contribution >= 4 is 130 Å². The van der Waals surface area contributed by atoms with E-state index in [4.69, 9.17) is 29.9 Å². The summed E-state index contributed by atoms with van der Waals surface area (Å²) in [5.74, 6) is 3.44. The van der Waals surface area contributed by atoms with Crippen LogP contribution in [0.2, 0.25) is 0 Å². The number of para-hydroxylation sites is 3. The highest BCUT2D eigenvalue weighted by molar-refractivity contribution is 7.25. The predicted molar refractivity (Wildman–Crippen MR) is 606 cm³/mol. The Morgan fingerprint density at radius 3 is 0.826 bits per heavy atom. The van der Waals surface area contributed by atoms with Crippen molar-refractivity contribution in [2.45, 2.75) is 0 Å². The summed E-state index contributed by atoms with van der Waals surface area (Å²) < 4.78 is 10.8. The number of nitrogens with zero attached hydrogens (tertiary/aromatic N) is 9. The zero-order chi connectivity index (χ0) is 95.3. The second-order valence-electron chi connectivity index (χ2n) is 35.8. The molecule has 0 bridgehead atoms. The largest absolute Gasteiger partial charge is 0.309 e. The molecule has 9 heterocycles. The fourth-order valence-electron chi connectivity index (χ4n) is 20.6. The minimum absolute atomic E-state index is 0.598. The maximum atomic E-state index is 5.25. The topological polar surface area (TPSA) is 92.1 Å². The van der Waals surface area contributed by atoms with Crippen LogP contribution in [0.5, 0.6) is 0 Å². The van der Waals surface area contributed by atoms with Gasteiger partial charge in [0.15, 0.2) is 17.5 Å². The SMILES string of the molecule is c1ccc(-c2cc(-c3ccccc3)nc(-c3cccc(-n4c5ccccc5c5c6sc(-c7ccccc7)c(-c7ccccc7)c6ccc54)c3)c2)cc1.c1ccc(-c2cc(-n3c4ccccc4c4c5sc(-c6ccccc6)c(-c6ccccc6)c5ccc43)nc(-c3ccccc3)n2)cc1.c1ccc(-c2nc(-c3ccccc3)nc(-n3c4ccccc4c4c5sc(-c6ccccc6)c(-c6ccccc6)c5ccc43)n2)cc1. The quantitative estimate of drug-likeness (QED) is 0.0957. The third-order valence-electron chi connectivity index (χ3n) is 27.1. The van der Waals surface area contributed by atoms with Crippen LogP contribution < -0.4 is 0 Å². The monoisotopic (exact) mass is 1890 g/mol. The summed E-state index contributed by atoms with van der Waals surface area (Å²) in [5, 5.41) is 11.2. The van der Waals surface area contributed by atoms with Gasteiger partial charge in [-0.05, 0) is 105 Å². The van der Waals surface area contributed by atoms with Gasteiger partial charge in [-0.2, -0.15) is 9.97 Å². The summed E-state index contributed by atoms with van der Waals surface area (Å²) in [6, 6.07) is 182. The zero-order valence-corrected chi connectivity index (χ0v) is 80.3. The highest BCUT2D eigenvalue weighted by atomic mass is 32.1. The van der Waals surface area contributed by atoms with E-state index in [0.29, 0.717) is 23.4 Å². The summed E-state index contributed by atoms with van der Waals surface area (Å²) in [4.78, 5) is 34.5. The lowest BCUT2D eigenvalue weighted by atomic mass is 9.98. The molecule has 0 radical (unpaired) electrons. The number of benzene rings is 19. The number of hydrogen-bond donors (Lipinski definition) is 0. The van der Waals surface area contributed by atoms with Crippen LogP contribution in [0.15, 0.2) is 516 Å². The summed E-state index contributed by atoms with van der Waals surface area (Å²) in [7, 11) is 0. The summed E-state index contributed by atoms with van der Waals surface area (Å²) in [5.41, 5.74) is 30.4. The lowest BCUT2D eigenvalue weighted by molar-refractivity contribution is 0.953. The van der Waals surface area contributed by atoms with Crippen molar-refractivity contribution in [3.63, 3.8) is 0 Å². The predicted octanol–water partition coefficient (Wildman–Crippen LogP) is 36.0. The fraction of sp³-hybridized carbons (Fsp3) is 0. The van der Waals surface area contributed by atoms with Crippen LogP contribution in [0.4, 0.5) is 0 Å². The lowest BCUT2D eigenvalue weighted by Crippen LogP contribution is -2.06. The van der Waals surface area contributed by atoms with Gasteiger partial charge < -0.3 is 4.57 Å². The molecule has 0 aliphatic carbocycles. The highest BCUT2D eigenvalue weighted by Gasteiger charge is 2.29. The average molecular weight is 1890 g/mol. The van der Waals surface area contributed by atoms with Crippen molar-refractivity contribution in [2.75, 3.05) is 0 Å². The Bertz CT molecular complexity index is 9110. The number of pyridine rings is 1. The van der Waals surface area contributed by atoms with Gasteiger partial charge in [0.25, 0.3) is 0 Å². The molecular weight excluding hydrogens is 1810 g/mol. The molecular formula is C132H85N9S3. The van der Waals surface area contributed by atoms with Gasteiger partial charge in [0, 0.05) is 139 Å². The first-order valence-electron chi connectivity index (χ1n) is 48.4. The highest BCUT2D eigenvalue weighted by Crippen LogP contribution is 2.54. The number of aromatic nitrogens is 9. The molecule has 0 saturated heterocycles. The molecule has 0 N–H and O–H groups in total. The number of rotatable bonds is 16. The van der Waals surface area contributed by atoms with Crippen molar-refractivity contribution < 1.29 is 0 Å². The Kier molecular flexibility index (Phi) is 22.4. The van der Waals surface area contributed by atoms with Crippen LogP contribution >= 0.6 is 34.0 Å². The molecule has 0 unspecified atom stereocenters. The molecule has 144 heavy (non-hydrogen) atoms. The van der Waals surface area contributed by atoms with Gasteiger partial charge in [-0.25, -0.2) is 19.9 Å². The molecule has 0 saturated carbocycles. The van der Waals surface area contributed by atoms with E-state index in [1.807, 2.05) is 119 Å². The second kappa shape index (κ2) is 37.5. The normalized spacial score (nSPS) is 11.5. The van der Waals surface area contributed by atoms with Gasteiger partial charge in [0.05, 0.1) is 50.2 Å². The van der Waals surface area contributed by atoms with Crippen molar-refractivity contribution in [2.24, 2.45) is 0 Å². The van der Waals surface area contributed by atoms with E-state index in [-0.39, 0.29) is 0 Å². The van der Waals surface area contributed by atoms with E-state index >= 15 is 0 Å². The second-order valence-corrected chi connectivity index (χ2v) is 38.8. The Balaban J connectivity index is 0.000000110. The Labute approximate surface area is 843 Å². The summed E-state index contributed by atoms with van der Waals surface area (Å²) >= 11 is 5.64. The molecule has 9 nitrogen and oxygen atoms in total. The Morgan fingerprint density at radius 2 is 0.444 bits per heavy atom. The molecule has 9 aromatic heterocycles. The van der Waals surface area contributed by atoms with Gasteiger partial charge >= 0.3 is 0 Å². The first-order valence-corrected chi connectivity index (χ1v) is 50.8. The molecule has 12 heteroatoms. The maximum absolute atomic E-state index is 5.25. The average Bonchev–Trinajstić information content (AvgIpc) is 1.56. The van der Waals surface area contributed by atoms with Crippen molar-refractivity contribution in [1.29, 1.82) is 0 Å². The zero-order valence-electron chi connectivity index (χ0n) is 77.8. The van der Waals surface area contributed by atoms with Crippen molar-refractivity contribution in [3.05, 3.63) is 516 Å². The lowest BCUT2D eigenvalue weighted by Gasteiger charge is -2.13. The van der Waals surface area contributed by atoms with Crippen LogP contribution in [0.1, 0.15) is 0 Å². The van der Waals surface area contributed by atoms with Gasteiger partial charge in [0.1, 0.15) is 5.82 Å². The standard InChI is InChI=1S/C49H32N2S.C42H27N3S.C41H26N4S/c1-5-16-33(17-6-1)38-31-42(34-18-7-2-8-19-34)50-43(32-38)37-24-15-25-39(30-37)51-44-27-14-13-26-40(44)47-45(51)29-28-41-46(35-20-9-3-10-21-35)48(52-49(41)47)36-22-11-4-12-23-36;1-5-15-28(16-6-1)34-27-37(44-42(43-34)31-21-11-4-12-22-31)45-35-24-14-13-23-32(35)39-36(45)26-25-33-38(29-17-7-2-8-18-29)40(46-41(33)39)30-19-9-3-10-20-30;1-5-15-27(16-6-1)35-32-25-26-34-36(38(32)46-37(35)28-17-7-2-8-18-28)31-23-13-14-24-33(31)45(34)41-43-39(29-19-9-3-10-20-29)42-40(44-41)30-21-11-4-12-22-30/h1-32H;1-27H;1-26H. The molecule has 0 spiro atoms. The maximum Gasteiger partial charge on any atom is 0.238 e. The van der Waals surface area contributed by atoms with Crippen molar-refractivity contribution in [3.8, 4) is 161 Å². The Morgan fingerprint density at radius 1 is 0.160 bits per heavy atom. The van der Waals surface area contributed by atoms with E-state index in [1.54, 1.807) is 0 Å². The van der Waals surface area contributed by atoms with E-state index in [2.05, 4.69) is 444 Å². The molecule has 19 aromatic carbocycles. The molecule has 0 amide bonds. The molecule has 28 aromatic rings. The summed E-state index contributed by atoms with van der Waals surface area (Å²) in [6.07, 6.45) is 0. The Hall–Kier alpha value is -18.3. The minimum Gasteiger partial charge on any atom is -0.309 e. The number of hydrogen-bond acceptors (Lipinski definition) is 9. The molecule has 28 rings (SSSR count). The number of fused-ring (bicyclic) bond motifs is 15. The van der Waals surface area contributed by atoms with Crippen LogP contribution in [0.25, 0.3) is 257 Å². The van der Waals surface area contributed by atoms with Crippen molar-refractivity contribution in [1.82, 2.24) is 43.6 Å². The van der Waals surface area contributed by atoms with Crippen LogP contribution in [0, 0.1) is 0 Å². The third-order valence-corrected chi connectivity index (χ3v) is 30.9. The van der Waals surface area contributed by atoms with Gasteiger partial charge in [-0.1, -0.05) is 449 Å². The van der Waals surface area contributed by atoms with E-state index < -0.39 is 0 Å². The summed E-state index contributed by atoms with van der Waals surface area (Å²) in [6.45, 7) is 0. The molecule has 676 valence electrons. The fourth-order valence-corrected chi connectivity index (χ4v) is 24.7. The molecule has 0 fully saturated rings. The first kappa shape index (κ1) is 86.1. The number of thiophene rings is 3. The van der Waals surface area contributed by atoms with E-state index in [0.717, 1.165) is 89.6 Å². The molecule has 0 atom stereocenters. The smallest absolute Gasteiger partial charge is 0.238 e.